The molecule has 4 heterocycles. The third-order valence-electron chi connectivity index (χ3n) is 7.95. The average Bonchev–Trinajstić information content (AvgIpc) is 2.97. The van der Waals surface area contributed by atoms with Crippen molar-refractivity contribution in [3.8, 4) is 6.07 Å². The number of hydrogen-bond donors (Lipinski definition) is 0. The van der Waals surface area contributed by atoms with Crippen LogP contribution in [0.4, 0.5) is 0 Å². The number of piperidine rings is 1. The molecular weight excluding hydrogens is 503 g/mol. The maximum absolute atomic E-state index is 13.4. The molecule has 0 N–H and O–H groups in total. The molecule has 0 aromatic heterocycles. The van der Waals surface area contributed by atoms with Crippen molar-refractivity contribution in [2.45, 2.75) is 57.7 Å². The number of hydrogen-bond acceptors (Lipinski definition) is 5. The van der Waals surface area contributed by atoms with Gasteiger partial charge in [-0.1, -0.05) is 0 Å². The summed E-state index contributed by atoms with van der Waals surface area (Å²) in [5.41, 5.74) is 0.0169. The topological polar surface area (TPSA) is 59.8 Å². The summed E-state index contributed by atoms with van der Waals surface area (Å²) in [6, 6.07) is 3.09. The number of carbonyl (C=O) groups is 1. The Kier molecular flexibility index (Phi) is 7.62. The molecule has 0 bridgehead atoms. The van der Waals surface area contributed by atoms with Crippen molar-refractivity contribution in [3.05, 3.63) is 11.6 Å². The zero-order valence-electron chi connectivity index (χ0n) is 19.4. The number of fused-ring (bicyclic) bond motifs is 1. The number of ether oxygens (including phenoxy) is 1. The van der Waals surface area contributed by atoms with E-state index in [1.54, 1.807) is 0 Å². The average molecular weight is 541 g/mol. The fourth-order valence-electron chi connectivity index (χ4n) is 5.77. The first-order valence-corrected chi connectivity index (χ1v) is 15.0. The van der Waals surface area contributed by atoms with Crippen LogP contribution < -0.4 is 21.2 Å². The normalized spacial score (nSPS) is 32.3. The predicted octanol–water partition coefficient (Wildman–Crippen LogP) is -1.03. The van der Waals surface area contributed by atoms with Crippen LogP contribution in [0.5, 0.6) is 0 Å². The van der Waals surface area contributed by atoms with E-state index in [9.17, 15) is 10.1 Å². The van der Waals surface area contributed by atoms with Crippen molar-refractivity contribution in [3.63, 3.8) is 0 Å². The first kappa shape index (κ1) is 23.5. The van der Waals surface area contributed by atoms with Gasteiger partial charge in [0.05, 0.1) is 19.3 Å². The molecule has 0 radical (unpaired) electrons. The molecule has 4 saturated heterocycles. The fourth-order valence-corrected chi connectivity index (χ4v) is 9.08. The second-order valence-electron chi connectivity index (χ2n) is 10.2. The minimum atomic E-state index is -0.308. The third kappa shape index (κ3) is 5.13. The number of nitrogens with zero attached hydrogens (tertiary/aromatic N) is 4. The second kappa shape index (κ2) is 10.1. The van der Waals surface area contributed by atoms with E-state index in [2.05, 4.69) is 36.6 Å². The summed E-state index contributed by atoms with van der Waals surface area (Å²) < 4.78 is 8.20. The molecule has 7 heteroatoms. The Bertz CT molecular complexity index is 722. The van der Waals surface area contributed by atoms with Gasteiger partial charge in [0.1, 0.15) is 0 Å². The van der Waals surface area contributed by atoms with Crippen molar-refractivity contribution in [2.24, 2.45) is 11.8 Å². The summed E-state index contributed by atoms with van der Waals surface area (Å²) in [7, 11) is 0. The second-order valence-corrected chi connectivity index (χ2v) is 13.2. The van der Waals surface area contributed by atoms with E-state index in [1.807, 2.05) is 11.0 Å². The molecule has 4 rings (SSSR count). The molecule has 3 atom stereocenters. The van der Waals surface area contributed by atoms with Gasteiger partial charge in [0.25, 0.3) is 0 Å². The van der Waals surface area contributed by atoms with E-state index in [-0.39, 0.29) is 17.5 Å². The molecule has 0 aliphatic carbocycles. The maximum atomic E-state index is 13.4. The summed E-state index contributed by atoms with van der Waals surface area (Å²) in [6.45, 7) is 13.0. The number of nitriles is 1. The van der Waals surface area contributed by atoms with Gasteiger partial charge in [-0.15, -0.1) is 0 Å². The van der Waals surface area contributed by atoms with Gasteiger partial charge in [-0.2, -0.15) is 0 Å². The molecule has 4 fully saturated rings. The van der Waals surface area contributed by atoms with Gasteiger partial charge < -0.3 is 4.74 Å². The standard InChI is InChI=1S/C24H38IN4O2/c1-18-22-5-4-7-25-14-19(22)6-8-29(18)23(30)20(15-26)13-24(2,3)28-11-9-27(10-12-28)21-16-31-17-21/h13,18-19,21-22H,4-12,14,16-17H2,1-3H3/q-1/b20-13-. The van der Waals surface area contributed by atoms with Crippen LogP contribution in [0.25, 0.3) is 0 Å². The fraction of sp³-hybridized carbons (Fsp3) is 0.833. The Morgan fingerprint density at radius 3 is 2.55 bits per heavy atom. The molecule has 0 saturated carbocycles. The van der Waals surface area contributed by atoms with E-state index in [4.69, 9.17) is 4.74 Å². The van der Waals surface area contributed by atoms with Crippen LogP contribution >= 0.6 is 0 Å². The summed E-state index contributed by atoms with van der Waals surface area (Å²) in [6.07, 6.45) is 5.64. The van der Waals surface area contributed by atoms with Crippen LogP contribution in [0.1, 0.15) is 40.0 Å². The first-order chi connectivity index (χ1) is 14.9. The van der Waals surface area contributed by atoms with E-state index >= 15 is 0 Å². The Labute approximate surface area is 198 Å². The summed E-state index contributed by atoms with van der Waals surface area (Å²) in [5.74, 6) is 1.37. The number of carbonyl (C=O) groups excluding carboxylic acids is 1. The van der Waals surface area contributed by atoms with Gasteiger partial charge >= 0.3 is 170 Å². The van der Waals surface area contributed by atoms with Gasteiger partial charge in [0.15, 0.2) is 0 Å². The minimum absolute atomic E-state index is 0.0503. The molecule has 0 aromatic carbocycles. The number of alkyl halides is 2. The van der Waals surface area contributed by atoms with Crippen LogP contribution in [-0.2, 0) is 9.53 Å². The van der Waals surface area contributed by atoms with Crippen molar-refractivity contribution in [1.29, 1.82) is 5.26 Å². The van der Waals surface area contributed by atoms with E-state index in [1.165, 1.54) is 21.7 Å². The molecule has 3 unspecified atom stereocenters. The number of piperazine rings is 1. The number of rotatable bonds is 4. The zero-order chi connectivity index (χ0) is 22.0. The number of halogens is 1. The van der Waals surface area contributed by atoms with Crippen LogP contribution in [0.15, 0.2) is 11.6 Å². The van der Waals surface area contributed by atoms with Crippen molar-refractivity contribution >= 4 is 5.91 Å². The Morgan fingerprint density at radius 2 is 1.90 bits per heavy atom. The van der Waals surface area contributed by atoms with Crippen LogP contribution in [0.3, 0.4) is 0 Å². The summed E-state index contributed by atoms with van der Waals surface area (Å²) in [4.78, 5) is 20.4. The van der Waals surface area contributed by atoms with Crippen LogP contribution in [-0.4, -0.2) is 93.0 Å². The van der Waals surface area contributed by atoms with E-state index in [0.717, 1.165) is 58.3 Å². The van der Waals surface area contributed by atoms with Crippen LogP contribution in [0.2, 0.25) is 0 Å². The van der Waals surface area contributed by atoms with Gasteiger partial charge in [-0.05, 0) is 0 Å². The first-order valence-electron chi connectivity index (χ1n) is 11.9. The molecule has 1 amide bonds. The van der Waals surface area contributed by atoms with Gasteiger partial charge in [-0.3, -0.25) is 4.90 Å². The van der Waals surface area contributed by atoms with Gasteiger partial charge in [0.2, 0.25) is 0 Å². The molecular formula is C24H38IN4O2-. The molecule has 174 valence electrons. The van der Waals surface area contributed by atoms with Crippen LogP contribution in [0, 0.1) is 23.2 Å². The molecule has 0 spiro atoms. The Hall–Kier alpha value is -0.690. The van der Waals surface area contributed by atoms with Crippen molar-refractivity contribution in [1.82, 2.24) is 14.7 Å². The third-order valence-corrected chi connectivity index (χ3v) is 11.2. The monoisotopic (exact) mass is 541 g/mol. The molecule has 6 nitrogen and oxygen atoms in total. The Balaban J connectivity index is 1.42. The van der Waals surface area contributed by atoms with Crippen molar-refractivity contribution in [2.75, 3.05) is 54.8 Å². The van der Waals surface area contributed by atoms with Gasteiger partial charge in [0, 0.05) is 0 Å². The number of likely N-dealkylation sites (tertiary alicyclic amines) is 1. The number of amides is 1. The quantitative estimate of drug-likeness (QED) is 0.197. The zero-order valence-corrected chi connectivity index (χ0v) is 21.5. The predicted molar refractivity (Wildman–Crippen MR) is 117 cm³/mol. The Morgan fingerprint density at radius 1 is 1.16 bits per heavy atom. The molecule has 4 aliphatic rings. The van der Waals surface area contributed by atoms with Crippen molar-refractivity contribution < 1.29 is 30.7 Å². The van der Waals surface area contributed by atoms with Gasteiger partial charge in [-0.25, -0.2) is 0 Å². The van der Waals surface area contributed by atoms with E-state index < -0.39 is 0 Å². The van der Waals surface area contributed by atoms with E-state index in [0.29, 0.717) is 38.7 Å². The molecule has 31 heavy (non-hydrogen) atoms. The summed E-state index contributed by atoms with van der Waals surface area (Å²) >= 11 is 0.360. The summed E-state index contributed by atoms with van der Waals surface area (Å²) in [5, 5.41) is 9.90. The SMILES string of the molecule is CC1C2CCC[I-]CC2CCN1C(=O)/C(C#N)=C\C(C)(C)N1CCN(C2COC2)CC1. The molecule has 4 aliphatic heterocycles. The molecule has 0 aromatic rings.